The first kappa shape index (κ1) is 21.3. The summed E-state index contributed by atoms with van der Waals surface area (Å²) < 4.78 is 14.9. The Morgan fingerprint density at radius 2 is 1.81 bits per heavy atom. The van der Waals surface area contributed by atoms with E-state index < -0.39 is 0 Å². The van der Waals surface area contributed by atoms with Gasteiger partial charge in [-0.25, -0.2) is 14.4 Å². The summed E-state index contributed by atoms with van der Waals surface area (Å²) in [5.74, 6) is 1.87. The van der Waals surface area contributed by atoms with Gasteiger partial charge in [0.25, 0.3) is 0 Å². The number of hydrogen-bond donors (Lipinski definition) is 1. The lowest BCUT2D eigenvalue weighted by Crippen LogP contribution is -2.23. The molecule has 4 nitrogen and oxygen atoms in total. The molecule has 2 aromatic carbocycles. The van der Waals surface area contributed by atoms with Gasteiger partial charge in [-0.2, -0.15) is 0 Å². The van der Waals surface area contributed by atoms with Crippen molar-refractivity contribution in [3.05, 3.63) is 70.8 Å². The van der Waals surface area contributed by atoms with E-state index in [0.717, 1.165) is 51.4 Å². The fourth-order valence-corrected chi connectivity index (χ4v) is 5.49. The Kier molecular flexibility index (Phi) is 6.05. The van der Waals surface area contributed by atoms with Gasteiger partial charge in [0.05, 0.1) is 11.0 Å². The van der Waals surface area contributed by atoms with E-state index in [4.69, 9.17) is 0 Å². The molecule has 1 N–H and O–H groups in total. The maximum absolute atomic E-state index is 13.8. The number of benzene rings is 2. The van der Waals surface area contributed by atoms with Crippen LogP contribution in [0.2, 0.25) is 0 Å². The molecule has 0 bridgehead atoms. The van der Waals surface area contributed by atoms with Crippen LogP contribution in [0.3, 0.4) is 0 Å². The van der Waals surface area contributed by atoms with Crippen molar-refractivity contribution in [1.82, 2.24) is 15.0 Å². The fraction of sp³-hybridized carbons (Fsp3) is 0.346. The smallest absolute Gasteiger partial charge is 0.137 e. The number of rotatable bonds is 5. The van der Waals surface area contributed by atoms with Crippen molar-refractivity contribution in [3.8, 4) is 0 Å². The maximum atomic E-state index is 13.8. The van der Waals surface area contributed by atoms with Crippen LogP contribution >= 0.6 is 15.9 Å². The number of pyridine rings is 1. The highest BCUT2D eigenvalue weighted by molar-refractivity contribution is 9.10. The number of anilines is 1. The SMILES string of the molecule is CC(C[C@H]1CC[C@@H](c2ccnc3ccc(F)cc32)CC1)Nc1ncnc2cc(Br)ccc12. The van der Waals surface area contributed by atoms with Gasteiger partial charge in [-0.1, -0.05) is 15.9 Å². The Morgan fingerprint density at radius 1 is 0.969 bits per heavy atom. The number of nitrogens with one attached hydrogen (secondary N) is 1. The van der Waals surface area contributed by atoms with E-state index in [1.807, 2.05) is 18.3 Å². The molecule has 0 saturated heterocycles. The first-order chi connectivity index (χ1) is 15.6. The lowest BCUT2D eigenvalue weighted by atomic mass is 9.76. The Morgan fingerprint density at radius 3 is 2.66 bits per heavy atom. The highest BCUT2D eigenvalue weighted by Gasteiger charge is 2.25. The lowest BCUT2D eigenvalue weighted by Gasteiger charge is -2.31. The van der Waals surface area contributed by atoms with Gasteiger partial charge in [-0.15, -0.1) is 0 Å². The molecule has 1 aliphatic rings. The van der Waals surface area contributed by atoms with E-state index in [1.165, 1.54) is 24.5 Å². The largest absolute Gasteiger partial charge is 0.367 e. The van der Waals surface area contributed by atoms with Crippen molar-refractivity contribution in [2.45, 2.75) is 51.0 Å². The second-order valence-corrected chi connectivity index (χ2v) is 9.86. The molecule has 1 fully saturated rings. The van der Waals surface area contributed by atoms with Crippen LogP contribution in [-0.4, -0.2) is 21.0 Å². The monoisotopic (exact) mass is 492 g/mol. The molecule has 0 amide bonds. The molecular formula is C26H26BrFN4. The lowest BCUT2D eigenvalue weighted by molar-refractivity contribution is 0.302. The zero-order valence-corrected chi connectivity index (χ0v) is 19.6. The summed E-state index contributed by atoms with van der Waals surface area (Å²) in [4.78, 5) is 13.3. The minimum atomic E-state index is -0.190. The van der Waals surface area contributed by atoms with E-state index in [-0.39, 0.29) is 5.82 Å². The first-order valence-electron chi connectivity index (χ1n) is 11.3. The molecule has 0 aliphatic heterocycles. The van der Waals surface area contributed by atoms with Crippen LogP contribution in [0.15, 0.2) is 59.5 Å². The summed E-state index contributed by atoms with van der Waals surface area (Å²) >= 11 is 3.51. The summed E-state index contributed by atoms with van der Waals surface area (Å²) in [6.45, 7) is 2.23. The van der Waals surface area contributed by atoms with E-state index in [0.29, 0.717) is 17.9 Å². The summed E-state index contributed by atoms with van der Waals surface area (Å²) in [5.41, 5.74) is 3.07. The number of halogens is 2. The molecule has 164 valence electrons. The molecule has 1 aliphatic carbocycles. The topological polar surface area (TPSA) is 50.7 Å². The highest BCUT2D eigenvalue weighted by atomic mass is 79.9. The van der Waals surface area contributed by atoms with Gasteiger partial charge >= 0.3 is 0 Å². The Bertz CT molecular complexity index is 1250. The molecule has 2 heterocycles. The van der Waals surface area contributed by atoms with Crippen molar-refractivity contribution in [3.63, 3.8) is 0 Å². The predicted octanol–water partition coefficient (Wildman–Crippen LogP) is 7.24. The van der Waals surface area contributed by atoms with Crippen LogP contribution in [0.1, 0.15) is 50.5 Å². The summed E-state index contributed by atoms with van der Waals surface area (Å²) in [6.07, 6.45) is 9.24. The van der Waals surface area contributed by atoms with Crippen molar-refractivity contribution < 1.29 is 4.39 Å². The molecule has 0 radical (unpaired) electrons. The predicted molar refractivity (Wildman–Crippen MR) is 131 cm³/mol. The maximum Gasteiger partial charge on any atom is 0.137 e. The average molecular weight is 493 g/mol. The fourth-order valence-electron chi connectivity index (χ4n) is 5.14. The molecule has 1 unspecified atom stereocenters. The second-order valence-electron chi connectivity index (χ2n) is 8.94. The van der Waals surface area contributed by atoms with Crippen LogP contribution in [0, 0.1) is 11.7 Å². The molecule has 2 aromatic heterocycles. The molecule has 4 aromatic rings. The van der Waals surface area contributed by atoms with Crippen molar-refractivity contribution in [2.75, 3.05) is 5.32 Å². The Labute approximate surface area is 195 Å². The van der Waals surface area contributed by atoms with Gasteiger partial charge < -0.3 is 5.32 Å². The molecule has 5 rings (SSSR count). The van der Waals surface area contributed by atoms with Gasteiger partial charge in [-0.05, 0) is 98.9 Å². The second kappa shape index (κ2) is 9.10. The van der Waals surface area contributed by atoms with Crippen LogP contribution in [-0.2, 0) is 0 Å². The number of fused-ring (bicyclic) bond motifs is 2. The molecule has 6 heteroatoms. The molecule has 1 saturated carbocycles. The minimum Gasteiger partial charge on any atom is -0.367 e. The summed E-state index contributed by atoms with van der Waals surface area (Å²) in [5, 5.41) is 5.62. The van der Waals surface area contributed by atoms with Crippen LogP contribution < -0.4 is 5.32 Å². The summed E-state index contributed by atoms with van der Waals surface area (Å²) in [6, 6.07) is 13.4. The number of nitrogens with zero attached hydrogens (tertiary/aromatic N) is 3. The Hall–Kier alpha value is -2.60. The van der Waals surface area contributed by atoms with Crippen molar-refractivity contribution in [2.24, 2.45) is 5.92 Å². The van der Waals surface area contributed by atoms with E-state index in [9.17, 15) is 4.39 Å². The molecule has 32 heavy (non-hydrogen) atoms. The number of hydrogen-bond acceptors (Lipinski definition) is 4. The standard InChI is InChI=1S/C26H26BrFN4/c1-16(32-26-22-8-6-19(27)13-25(22)30-15-31-26)12-17-2-4-18(5-3-17)21-10-11-29-24-9-7-20(28)14-23(21)24/h6-11,13-18H,2-5,12H2,1H3,(H,30,31,32)/t16?,17-,18+. The van der Waals surface area contributed by atoms with E-state index in [2.05, 4.69) is 55.3 Å². The molecule has 1 atom stereocenters. The normalized spacial score (nSPS) is 19.8. The third kappa shape index (κ3) is 4.46. The Balaban J connectivity index is 1.23. The van der Waals surface area contributed by atoms with Gasteiger partial charge in [0.1, 0.15) is 18.0 Å². The van der Waals surface area contributed by atoms with Crippen molar-refractivity contribution >= 4 is 43.6 Å². The quantitative estimate of drug-likeness (QED) is 0.318. The van der Waals surface area contributed by atoms with Gasteiger partial charge in [-0.3, -0.25) is 4.98 Å². The van der Waals surface area contributed by atoms with Gasteiger partial charge in [0, 0.05) is 27.5 Å². The first-order valence-corrected chi connectivity index (χ1v) is 12.1. The molecule has 0 spiro atoms. The highest BCUT2D eigenvalue weighted by Crippen LogP contribution is 2.40. The van der Waals surface area contributed by atoms with Gasteiger partial charge in [0.15, 0.2) is 0 Å². The van der Waals surface area contributed by atoms with Crippen molar-refractivity contribution in [1.29, 1.82) is 0 Å². The average Bonchev–Trinajstić information content (AvgIpc) is 2.79. The molecular weight excluding hydrogens is 467 g/mol. The summed E-state index contributed by atoms with van der Waals surface area (Å²) in [7, 11) is 0. The van der Waals surface area contributed by atoms with E-state index >= 15 is 0 Å². The zero-order chi connectivity index (χ0) is 22.1. The van der Waals surface area contributed by atoms with Crippen LogP contribution in [0.25, 0.3) is 21.8 Å². The third-order valence-electron chi connectivity index (χ3n) is 6.69. The number of aromatic nitrogens is 3. The van der Waals surface area contributed by atoms with Gasteiger partial charge in [0.2, 0.25) is 0 Å². The third-order valence-corrected chi connectivity index (χ3v) is 7.19. The van der Waals surface area contributed by atoms with Crippen LogP contribution in [0.4, 0.5) is 10.2 Å². The van der Waals surface area contributed by atoms with E-state index in [1.54, 1.807) is 18.5 Å². The van der Waals surface area contributed by atoms with Crippen LogP contribution in [0.5, 0.6) is 0 Å². The zero-order valence-electron chi connectivity index (χ0n) is 18.1. The minimum absolute atomic E-state index is 0.190.